The predicted molar refractivity (Wildman–Crippen MR) is 117 cm³/mol. The number of benzene rings is 1. The molecule has 1 aromatic carbocycles. The first-order chi connectivity index (χ1) is 15.0. The van der Waals surface area contributed by atoms with Gasteiger partial charge in [0, 0.05) is 17.4 Å². The van der Waals surface area contributed by atoms with Crippen LogP contribution in [-0.2, 0) is 6.61 Å². The Hall–Kier alpha value is -3.12. The lowest BCUT2D eigenvalue weighted by molar-refractivity contribution is -0.385. The third-order valence-electron chi connectivity index (χ3n) is 4.58. The van der Waals surface area contributed by atoms with E-state index in [9.17, 15) is 14.9 Å². The highest BCUT2D eigenvalue weighted by Gasteiger charge is 2.26. The molecule has 12 heteroatoms. The van der Waals surface area contributed by atoms with Crippen LogP contribution in [0.5, 0.6) is 11.5 Å². The van der Waals surface area contributed by atoms with Crippen molar-refractivity contribution in [3.8, 4) is 11.5 Å². The Morgan fingerprint density at radius 2 is 2.03 bits per heavy atom. The predicted octanol–water partition coefficient (Wildman–Crippen LogP) is 4.65. The zero-order valence-corrected chi connectivity index (χ0v) is 18.8. The van der Waals surface area contributed by atoms with Gasteiger partial charge < -0.3 is 9.47 Å². The van der Waals surface area contributed by atoms with Crippen LogP contribution >= 0.6 is 22.7 Å². The highest BCUT2D eigenvalue weighted by molar-refractivity contribution is 7.15. The van der Waals surface area contributed by atoms with E-state index in [1.54, 1.807) is 10.9 Å². The Balaban J connectivity index is 1.85. The molecular weight excluding hydrogens is 442 g/mol. The maximum absolute atomic E-state index is 12.8. The SMILES string of the molecule is CCC(CC)c1nnc(NC(=O)c2cc(OC)c(OCc3cscn3)cc2[N+](=O)[O-])s1. The van der Waals surface area contributed by atoms with Crippen LogP contribution in [-0.4, -0.2) is 33.1 Å². The first-order valence-corrected chi connectivity index (χ1v) is 11.2. The Bertz CT molecular complexity index is 1050. The van der Waals surface area contributed by atoms with E-state index >= 15 is 0 Å². The Kier molecular flexibility index (Phi) is 7.47. The number of nitro benzene ring substituents is 1. The Morgan fingerprint density at radius 3 is 2.65 bits per heavy atom. The topological polar surface area (TPSA) is 129 Å². The Labute approximate surface area is 186 Å². The van der Waals surface area contributed by atoms with Gasteiger partial charge in [0.15, 0.2) is 11.5 Å². The maximum atomic E-state index is 12.8. The number of hydrogen-bond acceptors (Lipinski definition) is 10. The summed E-state index contributed by atoms with van der Waals surface area (Å²) in [6.45, 7) is 4.23. The van der Waals surface area contributed by atoms with Gasteiger partial charge in [0.25, 0.3) is 11.6 Å². The van der Waals surface area contributed by atoms with Gasteiger partial charge in [-0.05, 0) is 12.8 Å². The van der Waals surface area contributed by atoms with Crippen LogP contribution in [0.4, 0.5) is 10.8 Å². The van der Waals surface area contributed by atoms with Crippen molar-refractivity contribution < 1.29 is 19.2 Å². The van der Waals surface area contributed by atoms with E-state index in [2.05, 4.69) is 34.3 Å². The molecular formula is C19H21N5O5S2. The van der Waals surface area contributed by atoms with Crippen LogP contribution in [0.1, 0.15) is 53.7 Å². The standard InChI is InChI=1S/C19H21N5O5S2/c1-4-11(5-2)18-22-23-19(31-18)21-17(25)13-6-15(28-3)16(7-14(13)24(26)27)29-8-12-9-30-10-20-12/h6-7,9-11H,4-5,8H2,1-3H3,(H,21,23,25). The number of thiazole rings is 1. The minimum Gasteiger partial charge on any atom is -0.493 e. The molecule has 1 N–H and O–H groups in total. The van der Waals surface area contributed by atoms with Gasteiger partial charge in [-0.25, -0.2) is 4.98 Å². The summed E-state index contributed by atoms with van der Waals surface area (Å²) in [6, 6.07) is 2.46. The van der Waals surface area contributed by atoms with Crippen molar-refractivity contribution in [2.24, 2.45) is 0 Å². The molecule has 0 saturated carbocycles. The summed E-state index contributed by atoms with van der Waals surface area (Å²) < 4.78 is 10.9. The van der Waals surface area contributed by atoms with E-state index in [0.29, 0.717) is 5.69 Å². The van der Waals surface area contributed by atoms with Gasteiger partial charge in [-0.15, -0.1) is 21.5 Å². The summed E-state index contributed by atoms with van der Waals surface area (Å²) in [5.41, 5.74) is 1.77. The lowest BCUT2D eigenvalue weighted by Crippen LogP contribution is -2.14. The number of amides is 1. The molecule has 0 spiro atoms. The number of ether oxygens (including phenoxy) is 2. The number of aromatic nitrogens is 3. The fourth-order valence-corrected chi connectivity index (χ4v) is 4.42. The average Bonchev–Trinajstić information content (AvgIpc) is 3.45. The Morgan fingerprint density at radius 1 is 1.26 bits per heavy atom. The second kappa shape index (κ2) is 10.3. The van der Waals surface area contributed by atoms with Crippen LogP contribution < -0.4 is 14.8 Å². The smallest absolute Gasteiger partial charge is 0.286 e. The molecule has 0 aliphatic rings. The molecule has 2 heterocycles. The molecule has 0 unspecified atom stereocenters. The van der Waals surface area contributed by atoms with Gasteiger partial charge in [0.2, 0.25) is 5.13 Å². The van der Waals surface area contributed by atoms with Gasteiger partial charge >= 0.3 is 0 Å². The molecule has 0 radical (unpaired) electrons. The first kappa shape index (κ1) is 22.6. The molecule has 2 aromatic heterocycles. The molecule has 164 valence electrons. The minimum absolute atomic E-state index is 0.117. The van der Waals surface area contributed by atoms with Crippen molar-refractivity contribution in [1.82, 2.24) is 15.2 Å². The number of anilines is 1. The third kappa shape index (κ3) is 5.33. The number of nitro groups is 1. The van der Waals surface area contributed by atoms with Crippen LogP contribution in [0.3, 0.4) is 0 Å². The van der Waals surface area contributed by atoms with Crippen molar-refractivity contribution in [3.05, 3.63) is 49.4 Å². The zero-order chi connectivity index (χ0) is 22.4. The summed E-state index contributed by atoms with van der Waals surface area (Å²) in [5, 5.41) is 25.3. The summed E-state index contributed by atoms with van der Waals surface area (Å²) in [4.78, 5) is 27.9. The highest BCUT2D eigenvalue weighted by atomic mass is 32.1. The van der Waals surface area contributed by atoms with E-state index in [4.69, 9.17) is 9.47 Å². The molecule has 0 atom stereocenters. The van der Waals surface area contributed by atoms with Gasteiger partial charge in [0.05, 0.1) is 29.3 Å². The fraction of sp³-hybridized carbons (Fsp3) is 0.368. The van der Waals surface area contributed by atoms with Gasteiger partial charge in [-0.1, -0.05) is 25.2 Å². The van der Waals surface area contributed by atoms with Gasteiger partial charge in [-0.2, -0.15) is 0 Å². The number of hydrogen-bond donors (Lipinski definition) is 1. The average molecular weight is 464 g/mol. The monoisotopic (exact) mass is 463 g/mol. The van der Waals surface area contributed by atoms with E-state index < -0.39 is 16.5 Å². The largest absolute Gasteiger partial charge is 0.493 e. The van der Waals surface area contributed by atoms with Crippen molar-refractivity contribution >= 4 is 39.4 Å². The highest BCUT2D eigenvalue weighted by Crippen LogP contribution is 2.36. The number of methoxy groups -OCH3 is 1. The third-order valence-corrected chi connectivity index (χ3v) is 6.21. The molecule has 31 heavy (non-hydrogen) atoms. The maximum Gasteiger partial charge on any atom is 0.286 e. The normalized spacial score (nSPS) is 10.8. The van der Waals surface area contributed by atoms with E-state index in [0.717, 1.165) is 17.8 Å². The lowest BCUT2D eigenvalue weighted by atomic mass is 10.1. The van der Waals surface area contributed by atoms with Gasteiger partial charge in [0.1, 0.15) is 17.2 Å². The van der Waals surface area contributed by atoms with Crippen LogP contribution in [0.15, 0.2) is 23.0 Å². The van der Waals surface area contributed by atoms with E-state index in [-0.39, 0.29) is 34.7 Å². The number of carbonyl (C=O) groups is 1. The van der Waals surface area contributed by atoms with Crippen LogP contribution in [0, 0.1) is 10.1 Å². The quantitative estimate of drug-likeness (QED) is 0.340. The van der Waals surface area contributed by atoms with Crippen LogP contribution in [0.25, 0.3) is 0 Å². The van der Waals surface area contributed by atoms with Gasteiger partial charge in [-0.3, -0.25) is 20.2 Å². The molecule has 3 aromatic rings. The minimum atomic E-state index is -0.678. The molecule has 0 bridgehead atoms. The molecule has 10 nitrogen and oxygen atoms in total. The molecule has 1 amide bonds. The van der Waals surface area contributed by atoms with E-state index in [1.807, 2.05) is 0 Å². The van der Waals surface area contributed by atoms with Crippen molar-refractivity contribution in [1.29, 1.82) is 0 Å². The van der Waals surface area contributed by atoms with Crippen molar-refractivity contribution in [3.63, 3.8) is 0 Å². The second-order valence-electron chi connectivity index (χ2n) is 6.46. The molecule has 0 aliphatic carbocycles. The second-order valence-corrected chi connectivity index (χ2v) is 8.19. The molecule has 0 aliphatic heterocycles. The zero-order valence-electron chi connectivity index (χ0n) is 17.2. The molecule has 0 fully saturated rings. The first-order valence-electron chi connectivity index (χ1n) is 9.47. The number of nitrogens with zero attached hydrogens (tertiary/aromatic N) is 4. The summed E-state index contributed by atoms with van der Waals surface area (Å²) in [7, 11) is 1.39. The summed E-state index contributed by atoms with van der Waals surface area (Å²) >= 11 is 2.67. The summed E-state index contributed by atoms with van der Waals surface area (Å²) in [6.07, 6.45) is 1.81. The van der Waals surface area contributed by atoms with Crippen molar-refractivity contribution in [2.75, 3.05) is 12.4 Å². The number of rotatable bonds is 10. The molecule has 3 rings (SSSR count). The summed E-state index contributed by atoms with van der Waals surface area (Å²) in [5.74, 6) is -0.0818. The van der Waals surface area contributed by atoms with E-state index in [1.165, 1.54) is 41.9 Å². The fourth-order valence-electron chi connectivity index (χ4n) is 2.87. The van der Waals surface area contributed by atoms with Crippen molar-refractivity contribution in [2.45, 2.75) is 39.2 Å². The number of carbonyl (C=O) groups excluding carboxylic acids is 1. The number of nitrogens with one attached hydrogen (secondary N) is 1. The molecule has 0 saturated heterocycles. The van der Waals surface area contributed by atoms with Crippen LogP contribution in [0.2, 0.25) is 0 Å². The lowest BCUT2D eigenvalue weighted by Gasteiger charge is -2.12.